The number of carbonyl (C=O) groups is 1. The molecule has 5 heteroatoms. The van der Waals surface area contributed by atoms with Crippen molar-refractivity contribution in [2.75, 3.05) is 7.11 Å². The largest absolute Gasteiger partial charge is 0.485 e. The van der Waals surface area contributed by atoms with Crippen LogP contribution in [0.5, 0.6) is 5.75 Å². The molecule has 5 nitrogen and oxygen atoms in total. The van der Waals surface area contributed by atoms with Crippen molar-refractivity contribution in [3.8, 4) is 5.75 Å². The maximum atomic E-state index is 11.5. The molecule has 0 saturated carbocycles. The van der Waals surface area contributed by atoms with Crippen LogP contribution in [-0.2, 0) is 16.1 Å². The van der Waals surface area contributed by atoms with E-state index in [-0.39, 0.29) is 11.8 Å². The lowest BCUT2D eigenvalue weighted by Gasteiger charge is -2.27. The predicted octanol–water partition coefficient (Wildman–Crippen LogP) is 4.27. The van der Waals surface area contributed by atoms with Crippen LogP contribution in [-0.4, -0.2) is 18.7 Å². The van der Waals surface area contributed by atoms with Crippen LogP contribution in [0.15, 0.2) is 59.8 Å². The normalized spacial score (nSPS) is 13.7. The summed E-state index contributed by atoms with van der Waals surface area (Å²) in [6.07, 6.45) is 1.96. The number of nitrogens with zero attached hydrogens (tertiary/aromatic N) is 1. The second-order valence-electron chi connectivity index (χ2n) is 6.52. The molecule has 1 amide bonds. The summed E-state index contributed by atoms with van der Waals surface area (Å²) in [6.45, 7) is 4.34. The summed E-state index contributed by atoms with van der Waals surface area (Å²) >= 11 is 0. The first-order valence-electron chi connectivity index (χ1n) is 9.26. The summed E-state index contributed by atoms with van der Waals surface area (Å²) in [7, 11) is 1.41. The number of para-hydroxylation sites is 1. The Morgan fingerprint density at radius 2 is 1.78 bits per heavy atom. The summed E-state index contributed by atoms with van der Waals surface area (Å²) in [6, 6.07) is 18.0. The third kappa shape index (κ3) is 5.84. The first-order chi connectivity index (χ1) is 13.1. The fourth-order valence-electron chi connectivity index (χ4n) is 2.96. The number of carbonyl (C=O) groups excluding carboxylic acids is 1. The van der Waals surface area contributed by atoms with E-state index in [1.54, 1.807) is 0 Å². The molecular formula is C22H28N2O3. The Balaban J connectivity index is 2.28. The Morgan fingerprint density at radius 3 is 2.41 bits per heavy atom. The van der Waals surface area contributed by atoms with Gasteiger partial charge in [-0.25, -0.2) is 0 Å². The number of rotatable bonds is 10. The average molecular weight is 368 g/mol. The van der Waals surface area contributed by atoms with Gasteiger partial charge in [-0.15, -0.1) is 0 Å². The van der Waals surface area contributed by atoms with E-state index >= 15 is 0 Å². The highest BCUT2D eigenvalue weighted by Crippen LogP contribution is 2.32. The van der Waals surface area contributed by atoms with Gasteiger partial charge in [0, 0.05) is 6.42 Å². The van der Waals surface area contributed by atoms with E-state index < -0.39 is 5.91 Å². The lowest BCUT2D eigenvalue weighted by molar-refractivity contribution is -0.112. The average Bonchev–Trinajstić information content (AvgIpc) is 2.69. The number of oxime groups is 1. The molecule has 2 unspecified atom stereocenters. The van der Waals surface area contributed by atoms with Crippen LogP contribution in [0.25, 0.3) is 0 Å². The Morgan fingerprint density at radius 1 is 1.11 bits per heavy atom. The maximum absolute atomic E-state index is 11.5. The van der Waals surface area contributed by atoms with Gasteiger partial charge in [0.25, 0.3) is 5.91 Å². The second kappa shape index (κ2) is 10.4. The zero-order chi connectivity index (χ0) is 19.6. The smallest absolute Gasteiger partial charge is 0.266 e. The molecule has 0 heterocycles. The zero-order valence-corrected chi connectivity index (χ0v) is 16.2. The third-order valence-electron chi connectivity index (χ3n) is 4.65. The quantitative estimate of drug-likeness (QED) is 0.503. The van der Waals surface area contributed by atoms with Crippen LogP contribution in [0.2, 0.25) is 0 Å². The van der Waals surface area contributed by atoms with E-state index in [0.29, 0.717) is 18.8 Å². The van der Waals surface area contributed by atoms with Crippen LogP contribution in [0.1, 0.15) is 43.9 Å². The van der Waals surface area contributed by atoms with E-state index in [4.69, 9.17) is 15.3 Å². The predicted molar refractivity (Wildman–Crippen MR) is 108 cm³/mol. The number of ether oxygens (including phenoxy) is 1. The highest BCUT2D eigenvalue weighted by Gasteiger charge is 2.23. The molecule has 2 aromatic carbocycles. The van der Waals surface area contributed by atoms with Crippen molar-refractivity contribution in [3.05, 3.63) is 65.7 Å². The molecule has 144 valence electrons. The Bertz CT molecular complexity index is 759. The van der Waals surface area contributed by atoms with E-state index in [2.05, 4.69) is 31.1 Å². The summed E-state index contributed by atoms with van der Waals surface area (Å²) < 4.78 is 6.35. The molecule has 2 rings (SSSR count). The first-order valence-corrected chi connectivity index (χ1v) is 9.26. The molecular weight excluding hydrogens is 340 g/mol. The number of nitrogens with two attached hydrogens (primary N) is 1. The number of hydrogen-bond acceptors (Lipinski definition) is 4. The second-order valence-corrected chi connectivity index (χ2v) is 6.52. The molecule has 27 heavy (non-hydrogen) atoms. The van der Waals surface area contributed by atoms with Gasteiger partial charge in [-0.2, -0.15) is 0 Å². The Kier molecular flexibility index (Phi) is 7.86. The molecule has 0 bridgehead atoms. The van der Waals surface area contributed by atoms with Gasteiger partial charge >= 0.3 is 0 Å². The molecule has 0 fully saturated rings. The first kappa shape index (κ1) is 20.5. The van der Waals surface area contributed by atoms with Gasteiger partial charge in [0.05, 0.1) is 0 Å². The minimum Gasteiger partial charge on any atom is -0.485 e. The number of amides is 1. The fraction of sp³-hybridized carbons (Fsp3) is 0.364. The highest BCUT2D eigenvalue weighted by atomic mass is 16.6. The topological polar surface area (TPSA) is 73.9 Å². The minimum absolute atomic E-state index is 0.0787. The maximum Gasteiger partial charge on any atom is 0.266 e. The summed E-state index contributed by atoms with van der Waals surface area (Å²) in [5.74, 6) is 0.610. The van der Waals surface area contributed by atoms with Gasteiger partial charge in [-0.1, -0.05) is 61.5 Å². The van der Waals surface area contributed by atoms with Gasteiger partial charge in [-0.3, -0.25) is 4.79 Å². The van der Waals surface area contributed by atoms with Gasteiger partial charge in [-0.05, 0) is 42.0 Å². The number of primary amides is 1. The SMILES string of the molecule is CCC(C)C(Oc1ccccc1)c1ccccc1CCC(=NOC)C(N)=O. The molecule has 0 aliphatic carbocycles. The molecule has 0 spiro atoms. The van der Waals surface area contributed by atoms with Crippen molar-refractivity contribution in [1.82, 2.24) is 0 Å². The molecule has 0 aromatic heterocycles. The van der Waals surface area contributed by atoms with Gasteiger partial charge < -0.3 is 15.3 Å². The van der Waals surface area contributed by atoms with E-state index in [1.807, 2.05) is 42.5 Å². The lowest BCUT2D eigenvalue weighted by atomic mass is 9.89. The van der Waals surface area contributed by atoms with Crippen LogP contribution in [0.3, 0.4) is 0 Å². The molecule has 2 aromatic rings. The summed E-state index contributed by atoms with van der Waals surface area (Å²) in [4.78, 5) is 16.2. The van der Waals surface area contributed by atoms with Crippen LogP contribution >= 0.6 is 0 Å². The molecule has 2 N–H and O–H groups in total. The van der Waals surface area contributed by atoms with E-state index in [0.717, 1.165) is 23.3 Å². The summed E-state index contributed by atoms with van der Waals surface area (Å²) in [5, 5.41) is 3.74. The van der Waals surface area contributed by atoms with Crippen molar-refractivity contribution < 1.29 is 14.4 Å². The molecule has 0 aliphatic heterocycles. The van der Waals surface area contributed by atoms with Gasteiger partial charge in [0.1, 0.15) is 24.7 Å². The molecule has 0 aliphatic rings. The van der Waals surface area contributed by atoms with Crippen LogP contribution < -0.4 is 10.5 Å². The van der Waals surface area contributed by atoms with Gasteiger partial charge in [0.15, 0.2) is 0 Å². The minimum atomic E-state index is -0.562. The van der Waals surface area contributed by atoms with Crippen molar-refractivity contribution in [2.24, 2.45) is 16.8 Å². The fourth-order valence-corrected chi connectivity index (χ4v) is 2.96. The van der Waals surface area contributed by atoms with Gasteiger partial charge in [0.2, 0.25) is 0 Å². The summed E-state index contributed by atoms with van der Waals surface area (Å²) in [5.41, 5.74) is 7.85. The number of hydrogen-bond donors (Lipinski definition) is 1. The van der Waals surface area contributed by atoms with Crippen LogP contribution in [0.4, 0.5) is 0 Å². The molecule has 0 radical (unpaired) electrons. The number of benzene rings is 2. The monoisotopic (exact) mass is 368 g/mol. The highest BCUT2D eigenvalue weighted by molar-refractivity contribution is 6.38. The Hall–Kier alpha value is -2.82. The van der Waals surface area contributed by atoms with Crippen molar-refractivity contribution in [1.29, 1.82) is 0 Å². The van der Waals surface area contributed by atoms with Crippen molar-refractivity contribution >= 4 is 11.6 Å². The lowest BCUT2D eigenvalue weighted by Crippen LogP contribution is -2.24. The van der Waals surface area contributed by atoms with Crippen molar-refractivity contribution in [2.45, 2.75) is 39.2 Å². The van der Waals surface area contributed by atoms with Crippen LogP contribution in [0, 0.1) is 5.92 Å². The van der Waals surface area contributed by atoms with Crippen molar-refractivity contribution in [3.63, 3.8) is 0 Å². The standard InChI is InChI=1S/C22H28N2O3/c1-4-16(2)21(27-18-11-6-5-7-12-18)19-13-9-8-10-17(19)14-15-20(22(23)25)24-26-3/h5-13,16,21H,4,14-15H2,1-3H3,(H2,23,25). The molecule has 0 saturated heterocycles. The molecule has 2 atom stereocenters. The van der Waals surface area contributed by atoms with E-state index in [1.165, 1.54) is 7.11 Å². The third-order valence-corrected chi connectivity index (χ3v) is 4.65. The number of aryl methyl sites for hydroxylation is 1. The van der Waals surface area contributed by atoms with E-state index in [9.17, 15) is 4.79 Å². The Labute approximate surface area is 161 Å². The zero-order valence-electron chi connectivity index (χ0n) is 16.2.